The van der Waals surface area contributed by atoms with E-state index >= 15 is 0 Å². The Balaban J connectivity index is 1.88. The second-order valence-electron chi connectivity index (χ2n) is 7.36. The van der Waals surface area contributed by atoms with Gasteiger partial charge in [0.05, 0.1) is 12.3 Å². The van der Waals surface area contributed by atoms with E-state index in [1.54, 1.807) is 17.7 Å². The van der Waals surface area contributed by atoms with Crippen molar-refractivity contribution in [1.82, 2.24) is 9.88 Å². The van der Waals surface area contributed by atoms with E-state index in [2.05, 4.69) is 21.2 Å². The highest BCUT2D eigenvalue weighted by Gasteiger charge is 2.16. The van der Waals surface area contributed by atoms with Crippen LogP contribution in [0.15, 0.2) is 51.7 Å². The molecule has 1 N–H and O–H groups in total. The van der Waals surface area contributed by atoms with Crippen molar-refractivity contribution in [3.05, 3.63) is 91.3 Å². The van der Waals surface area contributed by atoms with Crippen LogP contribution >= 0.6 is 15.9 Å². The molecule has 0 saturated heterocycles. The highest BCUT2D eigenvalue weighted by atomic mass is 79.9. The predicted molar refractivity (Wildman–Crippen MR) is 123 cm³/mol. The van der Waals surface area contributed by atoms with E-state index < -0.39 is 11.6 Å². The Bertz CT molecular complexity index is 1160. The van der Waals surface area contributed by atoms with Crippen LogP contribution in [-0.4, -0.2) is 24.8 Å². The minimum Gasteiger partial charge on any atom is -0.487 e. The summed E-state index contributed by atoms with van der Waals surface area (Å²) in [6.45, 7) is 5.66. The Morgan fingerprint density at radius 2 is 1.88 bits per heavy atom. The largest absolute Gasteiger partial charge is 0.487 e. The van der Waals surface area contributed by atoms with Crippen molar-refractivity contribution < 1.29 is 18.3 Å². The Morgan fingerprint density at radius 3 is 2.59 bits per heavy atom. The summed E-state index contributed by atoms with van der Waals surface area (Å²) in [6.07, 6.45) is 0. The number of pyridine rings is 1. The van der Waals surface area contributed by atoms with Crippen LogP contribution in [-0.2, 0) is 17.9 Å². The molecule has 0 aliphatic carbocycles. The lowest BCUT2D eigenvalue weighted by Gasteiger charge is -2.18. The van der Waals surface area contributed by atoms with E-state index in [4.69, 9.17) is 9.47 Å². The molecule has 1 heterocycles. The second-order valence-corrected chi connectivity index (χ2v) is 8.15. The zero-order chi connectivity index (χ0) is 23.3. The molecule has 0 radical (unpaired) electrons. The molecule has 8 heteroatoms. The van der Waals surface area contributed by atoms with E-state index in [0.29, 0.717) is 24.6 Å². The van der Waals surface area contributed by atoms with Crippen LogP contribution in [0.2, 0.25) is 0 Å². The first-order chi connectivity index (χ1) is 15.3. The van der Waals surface area contributed by atoms with Crippen LogP contribution < -0.4 is 15.6 Å². The number of hydrogen-bond acceptors (Lipinski definition) is 4. The van der Waals surface area contributed by atoms with Crippen LogP contribution in [0.1, 0.15) is 22.4 Å². The summed E-state index contributed by atoms with van der Waals surface area (Å²) in [5.41, 5.74) is 3.41. The smallest absolute Gasteiger partial charge is 0.273 e. The van der Waals surface area contributed by atoms with Crippen molar-refractivity contribution in [2.24, 2.45) is 0 Å². The van der Waals surface area contributed by atoms with Crippen molar-refractivity contribution >= 4 is 15.9 Å². The fraction of sp³-hybridized carbons (Fsp3) is 0.292. The highest BCUT2D eigenvalue weighted by molar-refractivity contribution is 9.10. The standard InChI is InChI=1S/C24H25BrF2N2O3/c1-15-11-22(32-14-18-7-8-19(26)12-20(18)27)23(25)24(30)29(15)21-6-4-5-17(16(21)2)13-28-9-10-31-3/h4-8,11-12,28H,9-10,13-14H2,1-3H3. The van der Waals surface area contributed by atoms with Crippen LogP contribution in [0.5, 0.6) is 5.75 Å². The summed E-state index contributed by atoms with van der Waals surface area (Å²) in [6, 6.07) is 10.8. The predicted octanol–water partition coefficient (Wildman–Crippen LogP) is 4.81. The third-order valence-corrected chi connectivity index (χ3v) is 5.88. The topological polar surface area (TPSA) is 52.5 Å². The summed E-state index contributed by atoms with van der Waals surface area (Å²) in [4.78, 5) is 13.2. The molecule has 0 spiro atoms. The Labute approximate surface area is 194 Å². The molecular weight excluding hydrogens is 482 g/mol. The number of nitrogens with zero attached hydrogens (tertiary/aromatic N) is 1. The van der Waals surface area contributed by atoms with Crippen LogP contribution in [0.3, 0.4) is 0 Å². The molecule has 0 aliphatic heterocycles. The van der Waals surface area contributed by atoms with Gasteiger partial charge < -0.3 is 14.8 Å². The summed E-state index contributed by atoms with van der Waals surface area (Å²) < 4.78 is 39.6. The van der Waals surface area contributed by atoms with Crippen LogP contribution in [0.4, 0.5) is 8.78 Å². The monoisotopic (exact) mass is 506 g/mol. The molecule has 0 aliphatic rings. The third kappa shape index (κ3) is 5.43. The van der Waals surface area contributed by atoms with Gasteiger partial charge in [0.15, 0.2) is 0 Å². The Kier molecular flexibility index (Phi) is 8.17. The van der Waals surface area contributed by atoms with Crippen LogP contribution in [0, 0.1) is 25.5 Å². The second kappa shape index (κ2) is 10.8. The molecule has 0 atom stereocenters. The maximum absolute atomic E-state index is 13.9. The van der Waals surface area contributed by atoms with Gasteiger partial charge in [-0.25, -0.2) is 8.78 Å². The first kappa shape index (κ1) is 24.1. The summed E-state index contributed by atoms with van der Waals surface area (Å²) >= 11 is 3.33. The summed E-state index contributed by atoms with van der Waals surface area (Å²) in [7, 11) is 1.66. The number of hydrogen-bond donors (Lipinski definition) is 1. The van der Waals surface area contributed by atoms with Gasteiger partial charge >= 0.3 is 0 Å². The number of halogens is 3. The van der Waals surface area contributed by atoms with Crippen LogP contribution in [0.25, 0.3) is 5.69 Å². The van der Waals surface area contributed by atoms with Crippen molar-refractivity contribution in [3.63, 3.8) is 0 Å². The molecule has 0 bridgehead atoms. The number of methoxy groups -OCH3 is 1. The fourth-order valence-corrected chi connectivity index (χ4v) is 3.79. The summed E-state index contributed by atoms with van der Waals surface area (Å²) in [5.74, 6) is -1.06. The molecular formula is C24H25BrF2N2O3. The zero-order valence-corrected chi connectivity index (χ0v) is 19.8. The first-order valence-corrected chi connectivity index (χ1v) is 10.9. The lowest BCUT2D eigenvalue weighted by molar-refractivity contribution is 0.199. The minimum absolute atomic E-state index is 0.130. The van der Waals surface area contributed by atoms with Gasteiger partial charge in [-0.15, -0.1) is 0 Å². The molecule has 1 aromatic heterocycles. The molecule has 32 heavy (non-hydrogen) atoms. The molecule has 3 rings (SSSR count). The van der Waals surface area contributed by atoms with Gasteiger partial charge in [-0.2, -0.15) is 0 Å². The quantitative estimate of drug-likeness (QED) is 0.423. The molecule has 5 nitrogen and oxygen atoms in total. The van der Waals surface area contributed by atoms with E-state index in [9.17, 15) is 13.6 Å². The van der Waals surface area contributed by atoms with Gasteiger partial charge in [-0.1, -0.05) is 12.1 Å². The van der Waals surface area contributed by atoms with Gasteiger partial charge in [-0.3, -0.25) is 9.36 Å². The van der Waals surface area contributed by atoms with E-state index in [1.165, 1.54) is 12.1 Å². The maximum atomic E-state index is 13.9. The van der Waals surface area contributed by atoms with Crippen molar-refractivity contribution in [3.8, 4) is 11.4 Å². The number of nitrogens with one attached hydrogen (secondary N) is 1. The average molecular weight is 507 g/mol. The first-order valence-electron chi connectivity index (χ1n) is 10.1. The van der Waals surface area contributed by atoms with Gasteiger partial charge in [0.25, 0.3) is 5.56 Å². The fourth-order valence-electron chi connectivity index (χ4n) is 3.38. The van der Waals surface area contributed by atoms with E-state index in [-0.39, 0.29) is 22.2 Å². The van der Waals surface area contributed by atoms with Gasteiger partial charge in [0, 0.05) is 43.6 Å². The number of aryl methyl sites for hydroxylation is 1. The van der Waals surface area contributed by atoms with Crippen molar-refractivity contribution in [2.45, 2.75) is 27.0 Å². The molecule has 0 unspecified atom stereocenters. The average Bonchev–Trinajstić information content (AvgIpc) is 2.76. The van der Waals surface area contributed by atoms with E-state index in [1.807, 2.05) is 32.0 Å². The lowest BCUT2D eigenvalue weighted by Crippen LogP contribution is -2.24. The molecule has 3 aromatic rings. The number of benzene rings is 2. The van der Waals surface area contributed by atoms with Gasteiger partial charge in [0.2, 0.25) is 0 Å². The van der Waals surface area contributed by atoms with Gasteiger partial charge in [-0.05, 0) is 59.1 Å². The Hall–Kier alpha value is -2.55. The van der Waals surface area contributed by atoms with Crippen molar-refractivity contribution in [2.75, 3.05) is 20.3 Å². The molecule has 2 aromatic carbocycles. The molecule has 170 valence electrons. The lowest BCUT2D eigenvalue weighted by atomic mass is 10.1. The minimum atomic E-state index is -0.697. The van der Waals surface area contributed by atoms with Gasteiger partial charge in [0.1, 0.15) is 28.5 Å². The highest BCUT2D eigenvalue weighted by Crippen LogP contribution is 2.27. The SMILES string of the molecule is COCCNCc1cccc(-n2c(C)cc(OCc3ccc(F)cc3F)c(Br)c2=O)c1C. The summed E-state index contributed by atoms with van der Waals surface area (Å²) in [5, 5.41) is 3.32. The molecule has 0 fully saturated rings. The zero-order valence-electron chi connectivity index (χ0n) is 18.2. The number of aromatic nitrogens is 1. The molecule has 0 amide bonds. The van der Waals surface area contributed by atoms with E-state index in [0.717, 1.165) is 29.4 Å². The van der Waals surface area contributed by atoms with Crippen molar-refractivity contribution in [1.29, 1.82) is 0 Å². The Morgan fingerprint density at radius 1 is 1.09 bits per heavy atom. The maximum Gasteiger partial charge on any atom is 0.273 e. The normalized spacial score (nSPS) is 11.1. The number of rotatable bonds is 9. The number of ether oxygens (including phenoxy) is 2. The molecule has 0 saturated carbocycles. The third-order valence-electron chi connectivity index (χ3n) is 5.15.